The maximum Gasteiger partial charge on any atom is 0.166 e. The van der Waals surface area contributed by atoms with Gasteiger partial charge >= 0.3 is 0 Å². The van der Waals surface area contributed by atoms with Gasteiger partial charge in [-0.05, 0) is 24.3 Å². The van der Waals surface area contributed by atoms with E-state index in [0.717, 1.165) is 33.7 Å². The van der Waals surface area contributed by atoms with E-state index in [2.05, 4.69) is 27.6 Å². The molecular weight excluding hydrogens is 266 g/mol. The van der Waals surface area contributed by atoms with E-state index in [4.69, 9.17) is 9.47 Å². The van der Waals surface area contributed by atoms with Crippen molar-refractivity contribution in [3.63, 3.8) is 0 Å². The number of aromatic nitrogens is 2. The highest BCUT2D eigenvalue weighted by molar-refractivity contribution is 5.81. The first-order chi connectivity index (χ1) is 10.4. The third kappa shape index (κ3) is 2.27. The molecule has 0 unspecified atom stereocenters. The van der Waals surface area contributed by atoms with E-state index in [1.54, 1.807) is 0 Å². The van der Waals surface area contributed by atoms with Crippen LogP contribution >= 0.6 is 0 Å². The van der Waals surface area contributed by atoms with E-state index in [0.29, 0.717) is 19.8 Å². The average Bonchev–Trinajstić information content (AvgIpc) is 3.00. The lowest BCUT2D eigenvalue weighted by atomic mass is 10.1. The predicted molar refractivity (Wildman–Crippen MR) is 80.9 cm³/mol. The summed E-state index contributed by atoms with van der Waals surface area (Å²) in [6.45, 7) is 1.90. The number of H-pyrrole nitrogens is 1. The second-order valence-electron chi connectivity index (χ2n) is 4.97. The van der Waals surface area contributed by atoms with Gasteiger partial charge in [-0.1, -0.05) is 12.1 Å². The number of ether oxygens (including phenoxy) is 2. The van der Waals surface area contributed by atoms with Crippen molar-refractivity contribution < 1.29 is 9.47 Å². The third-order valence-corrected chi connectivity index (χ3v) is 3.57. The van der Waals surface area contributed by atoms with Crippen LogP contribution in [0.5, 0.6) is 11.5 Å². The van der Waals surface area contributed by atoms with Crippen LogP contribution in [0.4, 0.5) is 5.69 Å². The Balaban J connectivity index is 1.56. The molecule has 2 aromatic carbocycles. The minimum atomic E-state index is 0.602. The second-order valence-corrected chi connectivity index (χ2v) is 4.97. The van der Waals surface area contributed by atoms with Gasteiger partial charge in [0.25, 0.3) is 0 Å². The predicted octanol–water partition coefficient (Wildman–Crippen LogP) is 2.95. The number of rotatable bonds is 3. The number of aromatic amines is 1. The normalized spacial score (nSPS) is 13.3. The highest BCUT2D eigenvalue weighted by atomic mass is 16.6. The average molecular weight is 281 g/mol. The first kappa shape index (κ1) is 12.1. The summed E-state index contributed by atoms with van der Waals surface area (Å²) in [5.74, 6) is 1.67. The zero-order valence-corrected chi connectivity index (χ0v) is 11.4. The van der Waals surface area contributed by atoms with Crippen molar-refractivity contribution in [2.75, 3.05) is 18.5 Å². The fourth-order valence-electron chi connectivity index (χ4n) is 2.52. The largest absolute Gasteiger partial charge is 0.486 e. The molecule has 106 valence electrons. The molecule has 5 heteroatoms. The van der Waals surface area contributed by atoms with Crippen molar-refractivity contribution >= 4 is 16.6 Å². The van der Waals surface area contributed by atoms with Crippen LogP contribution in [0.3, 0.4) is 0 Å². The number of nitrogens with one attached hydrogen (secondary N) is 2. The summed E-state index contributed by atoms with van der Waals surface area (Å²) in [5.41, 5.74) is 3.19. The van der Waals surface area contributed by atoms with Gasteiger partial charge in [-0.2, -0.15) is 5.10 Å². The number of fused-ring (bicyclic) bond motifs is 2. The van der Waals surface area contributed by atoms with Crippen LogP contribution in [0.15, 0.2) is 42.6 Å². The van der Waals surface area contributed by atoms with Crippen LogP contribution in [0.25, 0.3) is 10.9 Å². The SMILES string of the molecule is c1cc(CNc2ccc3[nH]ncc3c2)c2c(c1)OCCO2. The summed E-state index contributed by atoms with van der Waals surface area (Å²) >= 11 is 0. The molecule has 1 aromatic heterocycles. The van der Waals surface area contributed by atoms with Crippen LogP contribution < -0.4 is 14.8 Å². The quantitative estimate of drug-likeness (QED) is 0.775. The zero-order valence-electron chi connectivity index (χ0n) is 11.4. The topological polar surface area (TPSA) is 59.2 Å². The Hall–Kier alpha value is -2.69. The third-order valence-electron chi connectivity index (χ3n) is 3.57. The zero-order chi connectivity index (χ0) is 14.1. The standard InChI is InChI=1S/C16H15N3O2/c1-2-11(16-15(3-1)20-6-7-21-16)9-17-13-4-5-14-12(8-13)10-18-19-14/h1-5,8,10,17H,6-7,9H2,(H,18,19). The Kier molecular flexibility index (Phi) is 2.88. The summed E-state index contributed by atoms with van der Waals surface area (Å²) in [7, 11) is 0. The van der Waals surface area contributed by atoms with Crippen LogP contribution in [0, 0.1) is 0 Å². The number of hydrogen-bond donors (Lipinski definition) is 2. The lowest BCUT2D eigenvalue weighted by molar-refractivity contribution is 0.170. The van der Waals surface area contributed by atoms with Gasteiger partial charge in [0.05, 0.1) is 11.7 Å². The molecule has 0 bridgehead atoms. The summed E-state index contributed by atoms with van der Waals surface area (Å²) < 4.78 is 11.3. The van der Waals surface area contributed by atoms with Crippen molar-refractivity contribution in [2.45, 2.75) is 6.54 Å². The van der Waals surface area contributed by atoms with Gasteiger partial charge in [0, 0.05) is 23.2 Å². The Labute approximate surface area is 121 Å². The van der Waals surface area contributed by atoms with Gasteiger partial charge in [0.15, 0.2) is 11.5 Å². The molecule has 4 rings (SSSR count). The molecule has 1 aliphatic heterocycles. The monoisotopic (exact) mass is 281 g/mol. The van der Waals surface area contributed by atoms with Crippen molar-refractivity contribution in [3.8, 4) is 11.5 Å². The molecule has 5 nitrogen and oxygen atoms in total. The Morgan fingerprint density at radius 3 is 3.10 bits per heavy atom. The molecule has 0 saturated heterocycles. The summed E-state index contributed by atoms with van der Waals surface area (Å²) in [6, 6.07) is 12.1. The fourth-order valence-corrected chi connectivity index (χ4v) is 2.52. The summed E-state index contributed by atoms with van der Waals surface area (Å²) in [4.78, 5) is 0. The fraction of sp³-hybridized carbons (Fsp3) is 0.188. The first-order valence-electron chi connectivity index (χ1n) is 6.95. The van der Waals surface area contributed by atoms with Crippen LogP contribution in [0.2, 0.25) is 0 Å². The van der Waals surface area contributed by atoms with E-state index < -0.39 is 0 Å². The molecule has 0 amide bonds. The van der Waals surface area contributed by atoms with Crippen LogP contribution in [-0.4, -0.2) is 23.4 Å². The number of para-hydroxylation sites is 1. The van der Waals surface area contributed by atoms with E-state index >= 15 is 0 Å². The second kappa shape index (κ2) is 5.01. The van der Waals surface area contributed by atoms with E-state index in [1.165, 1.54) is 0 Å². The van der Waals surface area contributed by atoms with Gasteiger partial charge in [-0.3, -0.25) is 5.10 Å². The number of anilines is 1. The molecule has 3 aromatic rings. The van der Waals surface area contributed by atoms with Gasteiger partial charge in [-0.25, -0.2) is 0 Å². The smallest absolute Gasteiger partial charge is 0.166 e. The van der Waals surface area contributed by atoms with Crippen molar-refractivity contribution in [3.05, 3.63) is 48.2 Å². The number of nitrogens with zero attached hydrogens (tertiary/aromatic N) is 1. The first-order valence-corrected chi connectivity index (χ1v) is 6.95. The maximum atomic E-state index is 5.72. The van der Waals surface area contributed by atoms with Gasteiger partial charge in [0.1, 0.15) is 13.2 Å². The molecule has 0 spiro atoms. The minimum Gasteiger partial charge on any atom is -0.486 e. The summed E-state index contributed by atoms with van der Waals surface area (Å²) in [5, 5.41) is 11.5. The summed E-state index contributed by atoms with van der Waals surface area (Å²) in [6.07, 6.45) is 1.82. The van der Waals surface area contributed by atoms with Crippen molar-refractivity contribution in [1.29, 1.82) is 0 Å². The number of benzene rings is 2. The van der Waals surface area contributed by atoms with Gasteiger partial charge in [0.2, 0.25) is 0 Å². The highest BCUT2D eigenvalue weighted by Gasteiger charge is 2.15. The van der Waals surface area contributed by atoms with E-state index in [1.807, 2.05) is 30.5 Å². The molecule has 0 saturated carbocycles. The molecule has 1 aliphatic rings. The Bertz CT molecular complexity index is 782. The van der Waals surface area contributed by atoms with Crippen molar-refractivity contribution in [2.24, 2.45) is 0 Å². The molecule has 2 N–H and O–H groups in total. The number of hydrogen-bond acceptors (Lipinski definition) is 4. The lowest BCUT2D eigenvalue weighted by Gasteiger charge is -2.21. The molecule has 2 heterocycles. The molecule has 21 heavy (non-hydrogen) atoms. The van der Waals surface area contributed by atoms with E-state index in [-0.39, 0.29) is 0 Å². The van der Waals surface area contributed by atoms with Crippen LogP contribution in [-0.2, 0) is 6.54 Å². The van der Waals surface area contributed by atoms with E-state index in [9.17, 15) is 0 Å². The maximum absolute atomic E-state index is 5.72. The molecule has 0 radical (unpaired) electrons. The molecule has 0 fully saturated rings. The Morgan fingerprint density at radius 2 is 2.10 bits per heavy atom. The lowest BCUT2D eigenvalue weighted by Crippen LogP contribution is -2.17. The molecule has 0 atom stereocenters. The molecular formula is C16H15N3O2. The Morgan fingerprint density at radius 1 is 1.14 bits per heavy atom. The van der Waals surface area contributed by atoms with Gasteiger partial charge in [-0.15, -0.1) is 0 Å². The van der Waals surface area contributed by atoms with Gasteiger partial charge < -0.3 is 14.8 Å². The molecule has 0 aliphatic carbocycles. The highest BCUT2D eigenvalue weighted by Crippen LogP contribution is 2.34. The van der Waals surface area contributed by atoms with Crippen LogP contribution in [0.1, 0.15) is 5.56 Å². The van der Waals surface area contributed by atoms with Crippen molar-refractivity contribution in [1.82, 2.24) is 10.2 Å². The minimum absolute atomic E-state index is 0.602.